The zero-order chi connectivity index (χ0) is 22.5. The molecule has 5 nitrogen and oxygen atoms in total. The highest BCUT2D eigenvalue weighted by atomic mass is 35.5. The van der Waals surface area contributed by atoms with Crippen LogP contribution in [0.3, 0.4) is 0 Å². The number of benzodiazepines with no additional fused rings is 1. The Bertz CT molecular complexity index is 1060. The predicted molar refractivity (Wildman–Crippen MR) is 130 cm³/mol. The molecule has 1 aliphatic heterocycles. The van der Waals surface area contributed by atoms with Crippen molar-refractivity contribution in [2.45, 2.75) is 45.1 Å². The standard InChI is InChI=1S/C26H28ClN3O2/c1-18-26(32)30(17-24(31)28-15-14-19-8-4-2-5-9-19)23-13-12-21(27)16-22(23)25(29-18)20-10-6-3-7-11-20/h3,6-8,10-13,16,18H,2,4-5,9,14-15,17H2,1H3,(H,28,31)/t18-/m1/s1. The molecule has 0 radical (unpaired) electrons. The van der Waals surface area contributed by atoms with Gasteiger partial charge in [0, 0.05) is 22.7 Å². The number of nitrogens with zero attached hydrogens (tertiary/aromatic N) is 2. The van der Waals surface area contributed by atoms with Gasteiger partial charge in [-0.1, -0.05) is 53.6 Å². The number of rotatable bonds is 6. The first kappa shape index (κ1) is 22.3. The van der Waals surface area contributed by atoms with Gasteiger partial charge < -0.3 is 10.2 Å². The molecule has 0 unspecified atom stereocenters. The summed E-state index contributed by atoms with van der Waals surface area (Å²) < 4.78 is 0. The Kier molecular flexibility index (Phi) is 7.05. The molecule has 6 heteroatoms. The third-order valence-corrected chi connectivity index (χ3v) is 6.19. The molecule has 1 N–H and O–H groups in total. The zero-order valence-electron chi connectivity index (χ0n) is 18.3. The molecule has 0 aromatic heterocycles. The number of hydrogen-bond acceptors (Lipinski definition) is 3. The van der Waals surface area contributed by atoms with Crippen molar-refractivity contribution in [1.29, 1.82) is 0 Å². The van der Waals surface area contributed by atoms with E-state index in [0.29, 0.717) is 23.0 Å². The van der Waals surface area contributed by atoms with Crippen molar-refractivity contribution in [3.05, 3.63) is 76.3 Å². The molecule has 2 amide bonds. The van der Waals surface area contributed by atoms with E-state index in [1.54, 1.807) is 19.1 Å². The van der Waals surface area contributed by atoms with E-state index >= 15 is 0 Å². The average Bonchev–Trinajstić information content (AvgIpc) is 2.90. The molecule has 0 fully saturated rings. The highest BCUT2D eigenvalue weighted by molar-refractivity contribution is 6.32. The van der Waals surface area contributed by atoms with E-state index in [0.717, 1.165) is 30.4 Å². The molecule has 0 saturated carbocycles. The number of carbonyl (C=O) groups is 2. The monoisotopic (exact) mass is 449 g/mol. The Labute approximate surface area is 194 Å². The maximum Gasteiger partial charge on any atom is 0.252 e. The number of anilines is 1. The smallest absolute Gasteiger partial charge is 0.252 e. The van der Waals surface area contributed by atoms with Crippen LogP contribution in [0.1, 0.15) is 50.2 Å². The van der Waals surface area contributed by atoms with Crippen LogP contribution in [-0.4, -0.2) is 36.7 Å². The van der Waals surface area contributed by atoms with Gasteiger partial charge in [-0.3, -0.25) is 14.6 Å². The highest BCUT2D eigenvalue weighted by Crippen LogP contribution is 2.31. The summed E-state index contributed by atoms with van der Waals surface area (Å²) in [6.07, 6.45) is 7.88. The molecular weight excluding hydrogens is 422 g/mol. The fraction of sp³-hybridized carbons (Fsp3) is 0.346. The Morgan fingerprint density at radius 2 is 2.00 bits per heavy atom. The largest absolute Gasteiger partial charge is 0.354 e. The molecule has 0 saturated heterocycles. The van der Waals surface area contributed by atoms with E-state index in [1.165, 1.54) is 23.3 Å². The Hall–Kier alpha value is -2.92. The van der Waals surface area contributed by atoms with Crippen LogP contribution in [0.2, 0.25) is 5.02 Å². The summed E-state index contributed by atoms with van der Waals surface area (Å²) in [7, 11) is 0. The van der Waals surface area contributed by atoms with Crippen LogP contribution in [0.5, 0.6) is 0 Å². The lowest BCUT2D eigenvalue weighted by molar-refractivity contribution is -0.124. The molecule has 0 spiro atoms. The molecule has 4 rings (SSSR count). The second-order valence-electron chi connectivity index (χ2n) is 8.31. The third kappa shape index (κ3) is 5.10. The lowest BCUT2D eigenvalue weighted by atomic mass is 9.97. The minimum atomic E-state index is -0.614. The van der Waals surface area contributed by atoms with Crippen LogP contribution in [-0.2, 0) is 9.59 Å². The van der Waals surface area contributed by atoms with Crippen LogP contribution in [0, 0.1) is 0 Å². The number of fused-ring (bicyclic) bond motifs is 1. The molecular formula is C26H28ClN3O2. The fourth-order valence-corrected chi connectivity index (χ4v) is 4.45. The quantitative estimate of drug-likeness (QED) is 0.636. The van der Waals surface area contributed by atoms with E-state index in [9.17, 15) is 9.59 Å². The lowest BCUT2D eigenvalue weighted by Crippen LogP contribution is -2.44. The second kappa shape index (κ2) is 10.1. The van der Waals surface area contributed by atoms with Crippen molar-refractivity contribution in [1.82, 2.24) is 5.32 Å². The number of halogens is 1. The van der Waals surface area contributed by atoms with Crippen LogP contribution < -0.4 is 10.2 Å². The SMILES string of the molecule is C[C@H]1N=C(c2ccccc2)c2cc(Cl)ccc2N(CC(=O)NCCC2=CCCCC2)C1=O. The minimum absolute atomic E-state index is 0.0472. The minimum Gasteiger partial charge on any atom is -0.354 e. The number of aliphatic imine (C=N–C) groups is 1. The highest BCUT2D eigenvalue weighted by Gasteiger charge is 2.31. The van der Waals surface area contributed by atoms with Gasteiger partial charge in [0.1, 0.15) is 12.6 Å². The summed E-state index contributed by atoms with van der Waals surface area (Å²) in [4.78, 5) is 32.2. The summed E-state index contributed by atoms with van der Waals surface area (Å²) in [6.45, 7) is 2.30. The first-order valence-corrected chi connectivity index (χ1v) is 11.6. The van der Waals surface area contributed by atoms with E-state index in [1.807, 2.05) is 36.4 Å². The Balaban J connectivity index is 1.56. The first-order valence-electron chi connectivity index (χ1n) is 11.2. The van der Waals surface area contributed by atoms with E-state index in [2.05, 4.69) is 11.4 Å². The summed E-state index contributed by atoms with van der Waals surface area (Å²) in [5, 5.41) is 3.54. The van der Waals surface area contributed by atoms with Gasteiger partial charge >= 0.3 is 0 Å². The van der Waals surface area contributed by atoms with Gasteiger partial charge in [0.05, 0.1) is 11.4 Å². The number of allylic oxidation sites excluding steroid dienone is 1. The van der Waals surface area contributed by atoms with Gasteiger partial charge in [0.15, 0.2) is 0 Å². The van der Waals surface area contributed by atoms with Crippen LogP contribution >= 0.6 is 11.6 Å². The van der Waals surface area contributed by atoms with E-state index in [4.69, 9.17) is 16.6 Å². The third-order valence-electron chi connectivity index (χ3n) is 5.95. The van der Waals surface area contributed by atoms with Crippen LogP contribution in [0.25, 0.3) is 0 Å². The normalized spacial score (nSPS) is 18.4. The summed E-state index contributed by atoms with van der Waals surface area (Å²) in [5.41, 5.74) is 4.42. The number of carbonyl (C=O) groups excluding carboxylic acids is 2. The average molecular weight is 450 g/mol. The van der Waals surface area contributed by atoms with E-state index < -0.39 is 6.04 Å². The number of nitrogens with one attached hydrogen (secondary N) is 1. The first-order chi connectivity index (χ1) is 15.5. The zero-order valence-corrected chi connectivity index (χ0v) is 19.1. The molecule has 0 bridgehead atoms. The van der Waals surface area contributed by atoms with Gasteiger partial charge in [0.2, 0.25) is 5.91 Å². The van der Waals surface area contributed by atoms with Crippen molar-refractivity contribution < 1.29 is 9.59 Å². The van der Waals surface area contributed by atoms with E-state index in [-0.39, 0.29) is 18.4 Å². The number of amides is 2. The lowest BCUT2D eigenvalue weighted by Gasteiger charge is -2.24. The maximum absolute atomic E-state index is 13.2. The van der Waals surface area contributed by atoms with Crippen LogP contribution in [0.4, 0.5) is 5.69 Å². The molecule has 1 atom stereocenters. The topological polar surface area (TPSA) is 61.8 Å². The summed E-state index contributed by atoms with van der Waals surface area (Å²) in [6, 6.07) is 14.5. The molecule has 32 heavy (non-hydrogen) atoms. The molecule has 1 aliphatic carbocycles. The second-order valence-corrected chi connectivity index (χ2v) is 8.75. The predicted octanol–water partition coefficient (Wildman–Crippen LogP) is 4.92. The van der Waals surface area contributed by atoms with Crippen molar-refractivity contribution >= 4 is 34.8 Å². The van der Waals surface area contributed by atoms with Gasteiger partial charge in [-0.05, 0) is 57.2 Å². The Morgan fingerprint density at radius 1 is 1.19 bits per heavy atom. The molecule has 2 aromatic carbocycles. The summed E-state index contributed by atoms with van der Waals surface area (Å²) >= 11 is 6.31. The number of benzene rings is 2. The van der Waals surface area contributed by atoms with Crippen molar-refractivity contribution in [3.8, 4) is 0 Å². The molecule has 2 aromatic rings. The maximum atomic E-state index is 13.2. The van der Waals surface area contributed by atoms with Crippen molar-refractivity contribution in [2.75, 3.05) is 18.0 Å². The molecule has 1 heterocycles. The van der Waals surface area contributed by atoms with Gasteiger partial charge in [-0.25, -0.2) is 0 Å². The fourth-order valence-electron chi connectivity index (χ4n) is 4.28. The molecule has 2 aliphatic rings. The van der Waals surface area contributed by atoms with Crippen molar-refractivity contribution in [2.24, 2.45) is 4.99 Å². The van der Waals surface area contributed by atoms with Crippen LogP contribution in [0.15, 0.2) is 65.2 Å². The van der Waals surface area contributed by atoms with Gasteiger partial charge in [0.25, 0.3) is 5.91 Å². The summed E-state index contributed by atoms with van der Waals surface area (Å²) in [5.74, 6) is -0.379. The molecule has 166 valence electrons. The van der Waals surface area contributed by atoms with Gasteiger partial charge in [-0.15, -0.1) is 0 Å². The van der Waals surface area contributed by atoms with Gasteiger partial charge in [-0.2, -0.15) is 0 Å². The van der Waals surface area contributed by atoms with Crippen molar-refractivity contribution in [3.63, 3.8) is 0 Å². The Morgan fingerprint density at radius 3 is 2.75 bits per heavy atom. The number of hydrogen-bond donors (Lipinski definition) is 1.